The first-order chi connectivity index (χ1) is 11.6. The second-order valence-corrected chi connectivity index (χ2v) is 6.39. The van der Waals surface area contributed by atoms with Crippen LogP contribution in [-0.4, -0.2) is 44.0 Å². The minimum absolute atomic E-state index is 0.0124. The van der Waals surface area contributed by atoms with Crippen molar-refractivity contribution in [3.8, 4) is 11.5 Å². The van der Waals surface area contributed by atoms with Crippen LogP contribution in [0.25, 0.3) is 0 Å². The average Bonchev–Trinajstić information content (AvgIpc) is 2.56. The zero-order valence-electron chi connectivity index (χ0n) is 14.3. The van der Waals surface area contributed by atoms with Crippen molar-refractivity contribution in [3.05, 3.63) is 23.3 Å². The highest BCUT2D eigenvalue weighted by atomic mass is 16.5. The number of amides is 2. The molecule has 3 rings (SSSR count). The van der Waals surface area contributed by atoms with Crippen LogP contribution in [0.2, 0.25) is 0 Å². The standard InChI is InChI=1S/C18H24N2O4/c1-23-15-8-13-6-7-20(11-14(13)9-16(15)24-2)17(21)10-19-18(22)12-4-3-5-12/h8-9,12H,3-7,10-11H2,1-2H3,(H,19,22). The van der Waals surface area contributed by atoms with Gasteiger partial charge >= 0.3 is 0 Å². The van der Waals surface area contributed by atoms with Crippen LogP contribution in [-0.2, 0) is 22.6 Å². The predicted molar refractivity (Wildman–Crippen MR) is 89.0 cm³/mol. The molecule has 1 aromatic rings. The van der Waals surface area contributed by atoms with Crippen molar-refractivity contribution in [2.24, 2.45) is 5.92 Å². The fraction of sp³-hybridized carbons (Fsp3) is 0.556. The van der Waals surface area contributed by atoms with Gasteiger partial charge in [0.25, 0.3) is 0 Å². The van der Waals surface area contributed by atoms with E-state index in [4.69, 9.17) is 9.47 Å². The Morgan fingerprint density at radius 2 is 1.83 bits per heavy atom. The number of methoxy groups -OCH3 is 2. The van der Waals surface area contributed by atoms with E-state index >= 15 is 0 Å². The number of hydrogen-bond acceptors (Lipinski definition) is 4. The van der Waals surface area contributed by atoms with Crippen LogP contribution < -0.4 is 14.8 Å². The van der Waals surface area contributed by atoms with Crippen molar-refractivity contribution in [1.29, 1.82) is 0 Å². The number of fused-ring (bicyclic) bond motifs is 1. The maximum Gasteiger partial charge on any atom is 0.242 e. The normalized spacial score (nSPS) is 16.8. The fourth-order valence-corrected chi connectivity index (χ4v) is 3.19. The Morgan fingerprint density at radius 3 is 2.42 bits per heavy atom. The van der Waals surface area contributed by atoms with Crippen molar-refractivity contribution < 1.29 is 19.1 Å². The summed E-state index contributed by atoms with van der Waals surface area (Å²) in [7, 11) is 3.22. The third kappa shape index (κ3) is 3.32. The van der Waals surface area contributed by atoms with Gasteiger partial charge in [-0.05, 0) is 42.5 Å². The second-order valence-electron chi connectivity index (χ2n) is 6.39. The van der Waals surface area contributed by atoms with Gasteiger partial charge < -0.3 is 19.7 Å². The lowest BCUT2D eigenvalue weighted by Crippen LogP contribution is -2.44. The van der Waals surface area contributed by atoms with E-state index in [9.17, 15) is 9.59 Å². The molecular weight excluding hydrogens is 308 g/mol. The van der Waals surface area contributed by atoms with Crippen LogP contribution in [0, 0.1) is 5.92 Å². The highest BCUT2D eigenvalue weighted by molar-refractivity contribution is 5.86. The van der Waals surface area contributed by atoms with E-state index in [2.05, 4.69) is 5.32 Å². The van der Waals surface area contributed by atoms with Crippen LogP contribution in [0.3, 0.4) is 0 Å². The van der Waals surface area contributed by atoms with Crippen LogP contribution >= 0.6 is 0 Å². The Balaban J connectivity index is 1.61. The van der Waals surface area contributed by atoms with Crippen LogP contribution in [0.1, 0.15) is 30.4 Å². The molecule has 1 aliphatic heterocycles. The summed E-state index contributed by atoms with van der Waals surface area (Å²) in [6.07, 6.45) is 3.77. The van der Waals surface area contributed by atoms with E-state index in [0.29, 0.717) is 24.6 Å². The number of benzene rings is 1. The summed E-state index contributed by atoms with van der Waals surface area (Å²) in [5, 5.41) is 2.77. The van der Waals surface area contributed by atoms with Crippen LogP contribution in [0.4, 0.5) is 0 Å². The molecule has 1 heterocycles. The molecule has 2 aliphatic rings. The average molecular weight is 332 g/mol. The van der Waals surface area contributed by atoms with Gasteiger partial charge in [-0.2, -0.15) is 0 Å². The molecule has 1 aromatic carbocycles. The molecule has 0 aromatic heterocycles. The van der Waals surface area contributed by atoms with Gasteiger partial charge in [0, 0.05) is 19.0 Å². The minimum Gasteiger partial charge on any atom is -0.493 e. The summed E-state index contributed by atoms with van der Waals surface area (Å²) in [6, 6.07) is 3.91. The Morgan fingerprint density at radius 1 is 1.17 bits per heavy atom. The van der Waals surface area contributed by atoms with Crippen molar-refractivity contribution in [2.75, 3.05) is 27.3 Å². The highest BCUT2D eigenvalue weighted by Gasteiger charge is 2.27. The number of nitrogens with one attached hydrogen (secondary N) is 1. The number of hydrogen-bond donors (Lipinski definition) is 1. The van der Waals surface area contributed by atoms with Crippen molar-refractivity contribution in [3.63, 3.8) is 0 Å². The molecule has 6 nitrogen and oxygen atoms in total. The smallest absolute Gasteiger partial charge is 0.242 e. The van der Waals surface area contributed by atoms with Crippen LogP contribution in [0.5, 0.6) is 11.5 Å². The quantitative estimate of drug-likeness (QED) is 0.887. The van der Waals surface area contributed by atoms with E-state index < -0.39 is 0 Å². The first-order valence-corrected chi connectivity index (χ1v) is 8.41. The summed E-state index contributed by atoms with van der Waals surface area (Å²) in [5.74, 6) is 1.46. The molecule has 1 saturated carbocycles. The van der Waals surface area contributed by atoms with E-state index in [1.807, 2.05) is 12.1 Å². The lowest BCUT2D eigenvalue weighted by Gasteiger charge is -2.30. The summed E-state index contributed by atoms with van der Waals surface area (Å²) < 4.78 is 10.7. The molecule has 1 aliphatic carbocycles. The molecule has 6 heteroatoms. The van der Waals surface area contributed by atoms with Gasteiger partial charge in [-0.3, -0.25) is 9.59 Å². The lowest BCUT2D eigenvalue weighted by molar-refractivity contribution is -0.135. The number of rotatable bonds is 5. The molecular formula is C18H24N2O4. The van der Waals surface area contributed by atoms with Gasteiger partial charge in [0.15, 0.2) is 11.5 Å². The van der Waals surface area contributed by atoms with E-state index in [1.54, 1.807) is 19.1 Å². The lowest BCUT2D eigenvalue weighted by atomic mass is 9.85. The summed E-state index contributed by atoms with van der Waals surface area (Å²) in [4.78, 5) is 26.0. The minimum atomic E-state index is -0.0388. The van der Waals surface area contributed by atoms with Crippen molar-refractivity contribution in [2.45, 2.75) is 32.2 Å². The Kier molecular flexibility index (Phi) is 4.92. The molecule has 0 atom stereocenters. The number of carbonyl (C=O) groups is 2. The molecule has 24 heavy (non-hydrogen) atoms. The van der Waals surface area contributed by atoms with E-state index in [0.717, 1.165) is 31.2 Å². The third-order valence-electron chi connectivity index (χ3n) is 4.96. The van der Waals surface area contributed by atoms with Crippen LogP contribution in [0.15, 0.2) is 12.1 Å². The summed E-state index contributed by atoms with van der Waals surface area (Å²) >= 11 is 0. The first kappa shape index (κ1) is 16.6. The summed E-state index contributed by atoms with van der Waals surface area (Å²) in [5.41, 5.74) is 2.24. The monoisotopic (exact) mass is 332 g/mol. The van der Waals surface area contributed by atoms with E-state index in [-0.39, 0.29) is 24.3 Å². The predicted octanol–water partition coefficient (Wildman–Crippen LogP) is 1.50. The van der Waals surface area contributed by atoms with Crippen molar-refractivity contribution >= 4 is 11.8 Å². The zero-order chi connectivity index (χ0) is 17.1. The van der Waals surface area contributed by atoms with Gasteiger partial charge in [-0.25, -0.2) is 0 Å². The van der Waals surface area contributed by atoms with Gasteiger partial charge in [0.2, 0.25) is 11.8 Å². The van der Waals surface area contributed by atoms with Gasteiger partial charge in [-0.1, -0.05) is 6.42 Å². The molecule has 1 N–H and O–H groups in total. The van der Waals surface area contributed by atoms with Gasteiger partial charge in [0.1, 0.15) is 0 Å². The largest absolute Gasteiger partial charge is 0.493 e. The van der Waals surface area contributed by atoms with Gasteiger partial charge in [-0.15, -0.1) is 0 Å². The Labute approximate surface area is 142 Å². The molecule has 0 unspecified atom stereocenters. The number of carbonyl (C=O) groups excluding carboxylic acids is 2. The zero-order valence-corrected chi connectivity index (χ0v) is 14.3. The third-order valence-corrected chi connectivity index (χ3v) is 4.96. The number of ether oxygens (including phenoxy) is 2. The highest BCUT2D eigenvalue weighted by Crippen LogP contribution is 2.33. The topological polar surface area (TPSA) is 67.9 Å². The fourth-order valence-electron chi connectivity index (χ4n) is 3.19. The molecule has 0 saturated heterocycles. The maximum absolute atomic E-state index is 12.4. The molecule has 130 valence electrons. The van der Waals surface area contributed by atoms with Crippen molar-refractivity contribution in [1.82, 2.24) is 10.2 Å². The Hall–Kier alpha value is -2.24. The van der Waals surface area contributed by atoms with Gasteiger partial charge in [0.05, 0.1) is 20.8 Å². The number of nitrogens with zero attached hydrogens (tertiary/aromatic N) is 1. The van der Waals surface area contributed by atoms with E-state index in [1.165, 1.54) is 5.56 Å². The molecule has 0 bridgehead atoms. The first-order valence-electron chi connectivity index (χ1n) is 8.41. The summed E-state index contributed by atoms with van der Waals surface area (Å²) in [6.45, 7) is 1.27. The molecule has 0 spiro atoms. The molecule has 0 radical (unpaired) electrons. The molecule has 2 amide bonds. The Bertz CT molecular complexity index is 640. The SMILES string of the molecule is COc1cc2c(cc1OC)CN(C(=O)CNC(=O)C1CCC1)CC2. The maximum atomic E-state index is 12.4. The second kappa shape index (κ2) is 7.11. The molecule has 1 fully saturated rings.